The minimum Gasteiger partial charge on any atom is -0.376 e. The first kappa shape index (κ1) is 17.6. The maximum absolute atomic E-state index is 12.4. The van der Waals surface area contributed by atoms with Gasteiger partial charge in [0.25, 0.3) is 5.91 Å². The van der Waals surface area contributed by atoms with Crippen LogP contribution in [0.25, 0.3) is 0 Å². The fraction of sp³-hybridized carbons (Fsp3) is 0.389. The van der Waals surface area contributed by atoms with Gasteiger partial charge in [0, 0.05) is 18.5 Å². The number of aryl methyl sites for hydroxylation is 1. The molecule has 0 bridgehead atoms. The van der Waals surface area contributed by atoms with E-state index in [1.165, 1.54) is 11.3 Å². The fourth-order valence-electron chi connectivity index (χ4n) is 2.75. The average Bonchev–Trinajstić information content (AvgIpc) is 3.25. The molecule has 1 fully saturated rings. The van der Waals surface area contributed by atoms with Gasteiger partial charge >= 0.3 is 0 Å². The van der Waals surface area contributed by atoms with Crippen LogP contribution in [-0.4, -0.2) is 36.1 Å². The average molecular weight is 359 g/mol. The molecule has 2 aromatic rings. The Bertz CT molecular complexity index is 754. The number of thiazole rings is 1. The number of carbonyl (C=O) groups excluding carboxylic acids is 2. The summed E-state index contributed by atoms with van der Waals surface area (Å²) in [6, 6.07) is 7.00. The molecule has 2 heterocycles. The molecule has 1 aliphatic heterocycles. The number of para-hydroxylation sites is 1. The Morgan fingerprint density at radius 3 is 2.92 bits per heavy atom. The third kappa shape index (κ3) is 4.87. The molecule has 25 heavy (non-hydrogen) atoms. The number of carbonyl (C=O) groups is 2. The van der Waals surface area contributed by atoms with Gasteiger partial charge in [-0.3, -0.25) is 9.59 Å². The highest BCUT2D eigenvalue weighted by Crippen LogP contribution is 2.17. The molecule has 0 spiro atoms. The monoisotopic (exact) mass is 359 g/mol. The molecule has 1 atom stereocenters. The summed E-state index contributed by atoms with van der Waals surface area (Å²) < 4.78 is 5.51. The standard InChI is InChI=1S/C18H21N3O3S/c1-12-20-13(11-25-12)9-17(22)21-16-7-3-2-6-15(16)18(23)19-10-14-5-4-8-24-14/h2-3,6-7,11,14H,4-5,8-10H2,1H3,(H,19,23)(H,21,22). The summed E-state index contributed by atoms with van der Waals surface area (Å²) in [6.07, 6.45) is 2.27. The maximum Gasteiger partial charge on any atom is 0.253 e. The molecule has 2 N–H and O–H groups in total. The topological polar surface area (TPSA) is 80.3 Å². The van der Waals surface area contributed by atoms with Crippen LogP contribution < -0.4 is 10.6 Å². The van der Waals surface area contributed by atoms with Crippen molar-refractivity contribution in [1.82, 2.24) is 10.3 Å². The summed E-state index contributed by atoms with van der Waals surface area (Å²) in [7, 11) is 0. The second kappa shape index (κ2) is 8.22. The van der Waals surface area contributed by atoms with Crippen molar-refractivity contribution in [2.45, 2.75) is 32.3 Å². The number of benzene rings is 1. The molecule has 1 aliphatic rings. The lowest BCUT2D eigenvalue weighted by molar-refractivity contribution is -0.115. The van der Waals surface area contributed by atoms with Crippen molar-refractivity contribution in [3.63, 3.8) is 0 Å². The van der Waals surface area contributed by atoms with E-state index in [2.05, 4.69) is 15.6 Å². The van der Waals surface area contributed by atoms with Gasteiger partial charge in [0.15, 0.2) is 0 Å². The van der Waals surface area contributed by atoms with Gasteiger partial charge in [-0.1, -0.05) is 12.1 Å². The number of hydrogen-bond donors (Lipinski definition) is 2. The lowest BCUT2D eigenvalue weighted by Gasteiger charge is -2.13. The van der Waals surface area contributed by atoms with E-state index in [9.17, 15) is 9.59 Å². The molecule has 2 amide bonds. The normalized spacial score (nSPS) is 16.6. The second-order valence-corrected chi connectivity index (χ2v) is 7.04. The van der Waals surface area contributed by atoms with E-state index in [0.717, 1.165) is 30.2 Å². The zero-order valence-corrected chi connectivity index (χ0v) is 14.9. The Morgan fingerprint density at radius 2 is 2.20 bits per heavy atom. The molecule has 1 unspecified atom stereocenters. The molecule has 1 aromatic heterocycles. The molecule has 0 aliphatic carbocycles. The van der Waals surface area contributed by atoms with Crippen molar-refractivity contribution >= 4 is 28.8 Å². The van der Waals surface area contributed by atoms with Crippen molar-refractivity contribution in [2.75, 3.05) is 18.5 Å². The van der Waals surface area contributed by atoms with E-state index in [-0.39, 0.29) is 24.3 Å². The number of anilines is 1. The Hall–Kier alpha value is -2.25. The molecule has 0 radical (unpaired) electrons. The lowest BCUT2D eigenvalue weighted by Crippen LogP contribution is -2.32. The lowest BCUT2D eigenvalue weighted by atomic mass is 10.1. The smallest absolute Gasteiger partial charge is 0.253 e. The van der Waals surface area contributed by atoms with E-state index in [4.69, 9.17) is 4.74 Å². The molecule has 0 saturated carbocycles. The van der Waals surface area contributed by atoms with Gasteiger partial charge in [0.05, 0.1) is 34.5 Å². The molecule has 132 valence electrons. The number of rotatable bonds is 6. The third-order valence-electron chi connectivity index (χ3n) is 3.97. The Kier molecular flexibility index (Phi) is 5.78. The first-order valence-corrected chi connectivity index (χ1v) is 9.19. The summed E-state index contributed by atoms with van der Waals surface area (Å²) in [5.74, 6) is -0.402. The van der Waals surface area contributed by atoms with Gasteiger partial charge in [-0.15, -0.1) is 11.3 Å². The number of hydrogen-bond acceptors (Lipinski definition) is 5. The van der Waals surface area contributed by atoms with Gasteiger partial charge in [0.2, 0.25) is 5.91 Å². The molecule has 6 nitrogen and oxygen atoms in total. The van der Waals surface area contributed by atoms with Crippen molar-refractivity contribution in [3.8, 4) is 0 Å². The van der Waals surface area contributed by atoms with E-state index in [0.29, 0.717) is 17.8 Å². The largest absolute Gasteiger partial charge is 0.376 e. The highest BCUT2D eigenvalue weighted by atomic mass is 32.1. The minimum atomic E-state index is -0.212. The number of nitrogens with one attached hydrogen (secondary N) is 2. The predicted octanol–water partition coefficient (Wildman–Crippen LogP) is 2.54. The quantitative estimate of drug-likeness (QED) is 0.831. The molecule has 3 rings (SSSR count). The molecular weight excluding hydrogens is 338 g/mol. The fourth-order valence-corrected chi connectivity index (χ4v) is 3.36. The van der Waals surface area contributed by atoms with Gasteiger partial charge in [-0.2, -0.15) is 0 Å². The van der Waals surface area contributed by atoms with Gasteiger partial charge in [-0.05, 0) is 31.9 Å². The highest BCUT2D eigenvalue weighted by molar-refractivity contribution is 7.09. The van der Waals surface area contributed by atoms with E-state index >= 15 is 0 Å². The summed E-state index contributed by atoms with van der Waals surface area (Å²) >= 11 is 1.51. The Balaban J connectivity index is 1.61. The van der Waals surface area contributed by atoms with Gasteiger partial charge < -0.3 is 15.4 Å². The van der Waals surface area contributed by atoms with Gasteiger partial charge in [-0.25, -0.2) is 4.98 Å². The molecule has 1 saturated heterocycles. The van der Waals surface area contributed by atoms with E-state index in [1.54, 1.807) is 24.3 Å². The van der Waals surface area contributed by atoms with Crippen LogP contribution in [0.3, 0.4) is 0 Å². The zero-order chi connectivity index (χ0) is 17.6. The van der Waals surface area contributed by atoms with E-state index < -0.39 is 0 Å². The van der Waals surface area contributed by atoms with Gasteiger partial charge in [0.1, 0.15) is 0 Å². The SMILES string of the molecule is Cc1nc(CC(=O)Nc2ccccc2C(=O)NCC2CCCO2)cs1. The van der Waals surface area contributed by atoms with Crippen molar-refractivity contribution in [1.29, 1.82) is 0 Å². The highest BCUT2D eigenvalue weighted by Gasteiger charge is 2.18. The summed E-state index contributed by atoms with van der Waals surface area (Å²) in [5, 5.41) is 8.49. The molecule has 1 aromatic carbocycles. The maximum atomic E-state index is 12.4. The van der Waals surface area contributed by atoms with Crippen molar-refractivity contribution < 1.29 is 14.3 Å². The predicted molar refractivity (Wildman–Crippen MR) is 96.9 cm³/mol. The van der Waals surface area contributed by atoms with E-state index in [1.807, 2.05) is 12.3 Å². The van der Waals surface area contributed by atoms with Crippen molar-refractivity contribution in [2.24, 2.45) is 0 Å². The van der Waals surface area contributed by atoms with Crippen LogP contribution in [-0.2, 0) is 16.0 Å². The second-order valence-electron chi connectivity index (χ2n) is 5.97. The number of ether oxygens (including phenoxy) is 1. The number of aromatic nitrogens is 1. The van der Waals surface area contributed by atoms with Crippen LogP contribution in [0, 0.1) is 6.92 Å². The van der Waals surface area contributed by atoms with Crippen molar-refractivity contribution in [3.05, 3.63) is 45.9 Å². The summed E-state index contributed by atoms with van der Waals surface area (Å²) in [6.45, 7) is 3.14. The first-order valence-electron chi connectivity index (χ1n) is 8.31. The minimum absolute atomic E-state index is 0.0820. The molecular formula is C18H21N3O3S. The Morgan fingerprint density at radius 1 is 1.36 bits per heavy atom. The molecule has 7 heteroatoms. The van der Waals surface area contributed by atoms with Crippen LogP contribution in [0.1, 0.15) is 33.9 Å². The number of amides is 2. The van der Waals surface area contributed by atoms with Crippen LogP contribution >= 0.6 is 11.3 Å². The number of nitrogens with zero attached hydrogens (tertiary/aromatic N) is 1. The first-order chi connectivity index (χ1) is 12.1. The van der Waals surface area contributed by atoms with Crippen LogP contribution in [0.15, 0.2) is 29.6 Å². The summed E-state index contributed by atoms with van der Waals surface area (Å²) in [5.41, 5.74) is 1.69. The summed E-state index contributed by atoms with van der Waals surface area (Å²) in [4.78, 5) is 29.0. The van der Waals surface area contributed by atoms with Crippen LogP contribution in [0.4, 0.5) is 5.69 Å². The Labute approximate surface area is 150 Å². The third-order valence-corrected chi connectivity index (χ3v) is 4.79. The zero-order valence-electron chi connectivity index (χ0n) is 14.1. The van der Waals surface area contributed by atoms with Crippen LogP contribution in [0.2, 0.25) is 0 Å². The van der Waals surface area contributed by atoms with Crippen LogP contribution in [0.5, 0.6) is 0 Å².